The van der Waals surface area contributed by atoms with Crippen molar-refractivity contribution >= 4 is 11.7 Å². The highest BCUT2D eigenvalue weighted by Crippen LogP contribution is 2.18. The molecule has 0 amide bonds. The molecular weight excluding hydrogens is 244 g/mol. The maximum absolute atomic E-state index is 11.5. The SMILES string of the molecule is COC(=O)c1cccc(N2CC(O)CNC(C)C2)c1. The fraction of sp³-hybridized carbons (Fsp3) is 0.500. The molecule has 0 saturated carbocycles. The minimum Gasteiger partial charge on any atom is -0.465 e. The number of benzene rings is 1. The zero-order valence-corrected chi connectivity index (χ0v) is 11.3. The third-order valence-electron chi connectivity index (χ3n) is 3.26. The second kappa shape index (κ2) is 6.04. The number of β-amino-alcohol motifs (C(OH)–C–C–N with tert-alkyl or cyclic N) is 1. The monoisotopic (exact) mass is 264 g/mol. The summed E-state index contributed by atoms with van der Waals surface area (Å²) in [6, 6.07) is 7.59. The molecule has 2 N–H and O–H groups in total. The summed E-state index contributed by atoms with van der Waals surface area (Å²) >= 11 is 0. The Hall–Kier alpha value is -1.59. The smallest absolute Gasteiger partial charge is 0.337 e. The van der Waals surface area contributed by atoms with Crippen LogP contribution in [0.15, 0.2) is 24.3 Å². The van der Waals surface area contributed by atoms with Gasteiger partial charge in [-0.05, 0) is 25.1 Å². The average Bonchev–Trinajstić information content (AvgIpc) is 2.60. The predicted molar refractivity (Wildman–Crippen MR) is 73.5 cm³/mol. The van der Waals surface area contributed by atoms with E-state index in [9.17, 15) is 9.90 Å². The summed E-state index contributed by atoms with van der Waals surface area (Å²) in [5.41, 5.74) is 1.46. The van der Waals surface area contributed by atoms with Crippen molar-refractivity contribution in [1.82, 2.24) is 5.32 Å². The molecule has 1 aliphatic rings. The summed E-state index contributed by atoms with van der Waals surface area (Å²) in [5.74, 6) is -0.344. The van der Waals surface area contributed by atoms with Gasteiger partial charge in [0, 0.05) is 31.4 Å². The first-order chi connectivity index (χ1) is 9.10. The lowest BCUT2D eigenvalue weighted by molar-refractivity contribution is 0.0601. The van der Waals surface area contributed by atoms with E-state index >= 15 is 0 Å². The van der Waals surface area contributed by atoms with E-state index in [0.717, 1.165) is 12.2 Å². The molecule has 1 fully saturated rings. The fourth-order valence-electron chi connectivity index (χ4n) is 2.28. The van der Waals surface area contributed by atoms with Crippen molar-refractivity contribution in [3.05, 3.63) is 29.8 Å². The van der Waals surface area contributed by atoms with Crippen LogP contribution in [0.5, 0.6) is 0 Å². The summed E-state index contributed by atoms with van der Waals surface area (Å²) in [6.45, 7) is 4.02. The zero-order chi connectivity index (χ0) is 13.8. The summed E-state index contributed by atoms with van der Waals surface area (Å²) in [6.07, 6.45) is -0.410. The van der Waals surface area contributed by atoms with E-state index in [4.69, 9.17) is 4.74 Å². The van der Waals surface area contributed by atoms with Gasteiger partial charge < -0.3 is 20.1 Å². The number of aliphatic hydroxyl groups excluding tert-OH is 1. The summed E-state index contributed by atoms with van der Waals surface area (Å²) in [5, 5.41) is 13.1. The summed E-state index contributed by atoms with van der Waals surface area (Å²) < 4.78 is 4.73. The Balaban J connectivity index is 2.22. The van der Waals surface area contributed by atoms with Crippen LogP contribution >= 0.6 is 0 Å². The van der Waals surface area contributed by atoms with Crippen LogP contribution in [0, 0.1) is 0 Å². The van der Waals surface area contributed by atoms with Crippen LogP contribution in [0.4, 0.5) is 5.69 Å². The van der Waals surface area contributed by atoms with Gasteiger partial charge in [0.05, 0.1) is 18.8 Å². The standard InChI is InChI=1S/C14H20N2O3/c1-10-8-16(9-13(17)7-15-10)12-5-3-4-11(6-12)14(18)19-2/h3-6,10,13,15,17H,7-9H2,1-2H3. The number of methoxy groups -OCH3 is 1. The lowest BCUT2D eigenvalue weighted by Crippen LogP contribution is -2.35. The van der Waals surface area contributed by atoms with Gasteiger partial charge in [0.2, 0.25) is 0 Å². The molecule has 1 saturated heterocycles. The third-order valence-corrected chi connectivity index (χ3v) is 3.26. The number of carbonyl (C=O) groups excluding carboxylic acids is 1. The highest BCUT2D eigenvalue weighted by molar-refractivity contribution is 5.90. The number of hydrogen-bond acceptors (Lipinski definition) is 5. The molecule has 5 nitrogen and oxygen atoms in total. The van der Waals surface area contributed by atoms with Gasteiger partial charge in [-0.1, -0.05) is 6.07 Å². The van der Waals surface area contributed by atoms with E-state index < -0.39 is 6.10 Å². The molecule has 0 radical (unpaired) electrons. The molecule has 0 aliphatic carbocycles. The van der Waals surface area contributed by atoms with Crippen molar-refractivity contribution in [3.8, 4) is 0 Å². The number of ether oxygens (including phenoxy) is 1. The number of anilines is 1. The van der Waals surface area contributed by atoms with Gasteiger partial charge in [0.15, 0.2) is 0 Å². The van der Waals surface area contributed by atoms with Gasteiger partial charge in [-0.15, -0.1) is 0 Å². The first-order valence-electron chi connectivity index (χ1n) is 6.45. The minimum absolute atomic E-state index is 0.291. The van der Waals surface area contributed by atoms with E-state index in [2.05, 4.69) is 17.1 Å². The van der Waals surface area contributed by atoms with Crippen LogP contribution in [-0.4, -0.2) is 50.0 Å². The van der Waals surface area contributed by atoms with Gasteiger partial charge in [-0.3, -0.25) is 0 Å². The maximum Gasteiger partial charge on any atom is 0.337 e. The fourth-order valence-corrected chi connectivity index (χ4v) is 2.28. The quantitative estimate of drug-likeness (QED) is 0.767. The molecule has 2 unspecified atom stereocenters. The zero-order valence-electron chi connectivity index (χ0n) is 11.3. The number of nitrogens with zero attached hydrogens (tertiary/aromatic N) is 1. The Morgan fingerprint density at radius 3 is 3.00 bits per heavy atom. The predicted octanol–water partition coefficient (Wildman–Crippen LogP) is 0.632. The van der Waals surface area contributed by atoms with E-state index in [0.29, 0.717) is 24.7 Å². The van der Waals surface area contributed by atoms with E-state index in [-0.39, 0.29) is 5.97 Å². The Morgan fingerprint density at radius 2 is 2.26 bits per heavy atom. The highest BCUT2D eigenvalue weighted by Gasteiger charge is 2.20. The largest absolute Gasteiger partial charge is 0.465 e. The number of aliphatic hydroxyl groups is 1. The molecule has 104 valence electrons. The molecule has 1 aromatic rings. The van der Waals surface area contributed by atoms with Crippen molar-refractivity contribution < 1.29 is 14.6 Å². The van der Waals surface area contributed by atoms with Gasteiger partial charge >= 0.3 is 5.97 Å². The van der Waals surface area contributed by atoms with E-state index in [1.165, 1.54) is 7.11 Å². The second-order valence-corrected chi connectivity index (χ2v) is 4.91. The van der Waals surface area contributed by atoms with Crippen molar-refractivity contribution in [3.63, 3.8) is 0 Å². The van der Waals surface area contributed by atoms with Gasteiger partial charge in [-0.25, -0.2) is 4.79 Å². The van der Waals surface area contributed by atoms with E-state index in [1.54, 1.807) is 12.1 Å². The molecule has 2 atom stereocenters. The first-order valence-corrected chi connectivity index (χ1v) is 6.45. The van der Waals surface area contributed by atoms with Gasteiger partial charge in [0.1, 0.15) is 0 Å². The second-order valence-electron chi connectivity index (χ2n) is 4.91. The van der Waals surface area contributed by atoms with Crippen LogP contribution < -0.4 is 10.2 Å². The van der Waals surface area contributed by atoms with Crippen molar-refractivity contribution in [1.29, 1.82) is 0 Å². The molecule has 2 rings (SSSR count). The number of carbonyl (C=O) groups is 1. The van der Waals surface area contributed by atoms with Crippen molar-refractivity contribution in [2.45, 2.75) is 19.1 Å². The first kappa shape index (κ1) is 13.8. The summed E-state index contributed by atoms with van der Waals surface area (Å²) in [4.78, 5) is 13.6. The molecule has 19 heavy (non-hydrogen) atoms. The molecular formula is C14H20N2O3. The molecule has 0 spiro atoms. The Bertz CT molecular complexity index is 438. The lowest BCUT2D eigenvalue weighted by Gasteiger charge is -2.26. The van der Waals surface area contributed by atoms with Crippen molar-refractivity contribution in [2.75, 3.05) is 31.6 Å². The number of esters is 1. The van der Waals surface area contributed by atoms with Gasteiger partial charge in [-0.2, -0.15) is 0 Å². The normalized spacial score (nSPS) is 23.8. The molecule has 0 bridgehead atoms. The highest BCUT2D eigenvalue weighted by atomic mass is 16.5. The Labute approximate surface area is 113 Å². The van der Waals surface area contributed by atoms with Crippen LogP contribution in [0.2, 0.25) is 0 Å². The van der Waals surface area contributed by atoms with Crippen LogP contribution in [-0.2, 0) is 4.74 Å². The van der Waals surface area contributed by atoms with Crippen molar-refractivity contribution in [2.24, 2.45) is 0 Å². The third kappa shape index (κ3) is 3.45. The minimum atomic E-state index is -0.410. The molecule has 5 heteroatoms. The Morgan fingerprint density at radius 1 is 1.47 bits per heavy atom. The molecule has 1 aliphatic heterocycles. The number of rotatable bonds is 2. The van der Waals surface area contributed by atoms with E-state index in [1.807, 2.05) is 12.1 Å². The topological polar surface area (TPSA) is 61.8 Å². The van der Waals surface area contributed by atoms with Gasteiger partial charge in [0.25, 0.3) is 0 Å². The average molecular weight is 264 g/mol. The molecule has 1 aromatic carbocycles. The molecule has 1 heterocycles. The molecule has 0 aromatic heterocycles. The number of hydrogen-bond donors (Lipinski definition) is 2. The lowest BCUT2D eigenvalue weighted by atomic mass is 10.1. The maximum atomic E-state index is 11.5. The number of nitrogens with one attached hydrogen (secondary N) is 1. The summed E-state index contributed by atoms with van der Waals surface area (Å²) in [7, 11) is 1.37. The Kier molecular flexibility index (Phi) is 4.39. The van der Waals surface area contributed by atoms with Crippen LogP contribution in [0.25, 0.3) is 0 Å². The van der Waals surface area contributed by atoms with Crippen LogP contribution in [0.1, 0.15) is 17.3 Å². The van der Waals surface area contributed by atoms with Crippen LogP contribution in [0.3, 0.4) is 0 Å².